The van der Waals surface area contributed by atoms with Crippen LogP contribution in [0.4, 0.5) is 10.6 Å². The van der Waals surface area contributed by atoms with Crippen LogP contribution in [0, 0.1) is 13.8 Å². The first-order valence-corrected chi connectivity index (χ1v) is 11.2. The molecule has 6 nitrogen and oxygen atoms in total. The van der Waals surface area contributed by atoms with Gasteiger partial charge in [-0.2, -0.15) is 4.98 Å². The minimum absolute atomic E-state index is 0.253. The van der Waals surface area contributed by atoms with Gasteiger partial charge in [0.25, 0.3) is 0 Å². The first-order valence-electron chi connectivity index (χ1n) is 11.2. The third kappa shape index (κ3) is 3.93. The predicted molar refractivity (Wildman–Crippen MR) is 129 cm³/mol. The van der Waals surface area contributed by atoms with Gasteiger partial charge in [0.15, 0.2) is 5.82 Å². The number of aryl methyl sites for hydroxylation is 1. The molecule has 4 aromatic rings. The number of nitrogens with zero attached hydrogens (tertiary/aromatic N) is 3. The fraction of sp³-hybridized carbons (Fsp3) is 0.259. The lowest BCUT2D eigenvalue weighted by Crippen LogP contribution is -2.31. The molecule has 1 aliphatic rings. The minimum Gasteiger partial charge on any atom is -0.437 e. The first kappa shape index (κ1) is 21.1. The number of carbonyl (C=O) groups is 1. The summed E-state index contributed by atoms with van der Waals surface area (Å²) in [5, 5.41) is 1.03. The summed E-state index contributed by atoms with van der Waals surface area (Å²) in [4.78, 5) is 19.0. The van der Waals surface area contributed by atoms with E-state index < -0.39 is 6.16 Å². The Labute approximate surface area is 193 Å². The molecule has 0 unspecified atom stereocenters. The highest BCUT2D eigenvalue weighted by molar-refractivity contribution is 5.95. The van der Waals surface area contributed by atoms with Gasteiger partial charge in [-0.1, -0.05) is 54.6 Å². The Balaban J connectivity index is 1.67. The fourth-order valence-corrected chi connectivity index (χ4v) is 4.66. The average Bonchev–Trinajstić information content (AvgIpc) is 3.08. The molecule has 0 N–H and O–H groups in total. The van der Waals surface area contributed by atoms with Crippen LogP contribution in [0.3, 0.4) is 0 Å². The third-order valence-corrected chi connectivity index (χ3v) is 6.54. The predicted octanol–water partition coefficient (Wildman–Crippen LogP) is 5.41. The van der Waals surface area contributed by atoms with Crippen molar-refractivity contribution in [1.29, 1.82) is 0 Å². The number of hydrogen-bond acceptors (Lipinski definition) is 5. The summed E-state index contributed by atoms with van der Waals surface area (Å²) in [5.74, 6) is 1.08. The number of anilines is 1. The van der Waals surface area contributed by atoms with Crippen molar-refractivity contribution in [1.82, 2.24) is 9.55 Å². The molecule has 5 rings (SSSR count). The molecule has 2 aromatic carbocycles. The standard InChI is InChI=1S/C27H27N3O3/c1-18-19(2)30(16-20-9-5-4-6-10-20)25-23(18)15-24(33-27(31)32-3)28-26(25)29-14-13-21-11-7-8-12-22(21)17-29/h4-12,15H,13-14,16-17H2,1-3H3. The summed E-state index contributed by atoms with van der Waals surface area (Å²) >= 11 is 0. The normalized spacial score (nSPS) is 13.1. The number of rotatable bonds is 4. The molecular weight excluding hydrogens is 414 g/mol. The molecule has 0 saturated carbocycles. The van der Waals surface area contributed by atoms with Crippen LogP contribution in [-0.2, 0) is 24.2 Å². The molecule has 2 aromatic heterocycles. The number of fused-ring (bicyclic) bond motifs is 2. The summed E-state index contributed by atoms with van der Waals surface area (Å²) in [7, 11) is 1.30. The van der Waals surface area contributed by atoms with Gasteiger partial charge in [-0.3, -0.25) is 0 Å². The summed E-state index contributed by atoms with van der Waals surface area (Å²) in [6, 6.07) is 20.8. The Morgan fingerprint density at radius 2 is 1.76 bits per heavy atom. The number of aromatic nitrogens is 2. The van der Waals surface area contributed by atoms with Gasteiger partial charge in [0, 0.05) is 36.8 Å². The van der Waals surface area contributed by atoms with Crippen molar-refractivity contribution < 1.29 is 14.3 Å². The van der Waals surface area contributed by atoms with Gasteiger partial charge in [0.2, 0.25) is 5.88 Å². The van der Waals surface area contributed by atoms with Crippen molar-refractivity contribution in [2.75, 3.05) is 18.6 Å². The van der Waals surface area contributed by atoms with Gasteiger partial charge in [-0.05, 0) is 42.5 Å². The Kier molecular flexibility index (Phi) is 5.50. The lowest BCUT2D eigenvalue weighted by Gasteiger charge is -2.31. The monoisotopic (exact) mass is 441 g/mol. The van der Waals surface area contributed by atoms with Crippen molar-refractivity contribution in [3.63, 3.8) is 0 Å². The number of hydrogen-bond donors (Lipinski definition) is 0. The molecule has 168 valence electrons. The summed E-state index contributed by atoms with van der Waals surface area (Å²) < 4.78 is 12.4. The zero-order chi connectivity index (χ0) is 22.9. The van der Waals surface area contributed by atoms with E-state index in [2.05, 4.69) is 71.8 Å². The van der Waals surface area contributed by atoms with Gasteiger partial charge >= 0.3 is 6.16 Å². The van der Waals surface area contributed by atoms with Gasteiger partial charge in [0.05, 0.1) is 12.6 Å². The molecule has 33 heavy (non-hydrogen) atoms. The van der Waals surface area contributed by atoms with Gasteiger partial charge in [-0.25, -0.2) is 4.79 Å². The van der Waals surface area contributed by atoms with Crippen LogP contribution < -0.4 is 9.64 Å². The van der Waals surface area contributed by atoms with Crippen LogP contribution in [0.1, 0.15) is 27.9 Å². The van der Waals surface area contributed by atoms with E-state index in [0.29, 0.717) is 0 Å². The quantitative estimate of drug-likeness (QED) is 0.397. The fourth-order valence-electron chi connectivity index (χ4n) is 4.66. The van der Waals surface area contributed by atoms with Crippen LogP contribution in [-0.4, -0.2) is 29.4 Å². The molecular formula is C27H27N3O3. The van der Waals surface area contributed by atoms with Crippen LogP contribution in [0.2, 0.25) is 0 Å². The van der Waals surface area contributed by atoms with Crippen LogP contribution in [0.25, 0.3) is 10.9 Å². The molecule has 0 fully saturated rings. The Morgan fingerprint density at radius 1 is 1.03 bits per heavy atom. The largest absolute Gasteiger partial charge is 0.514 e. The number of methoxy groups -OCH3 is 1. The molecule has 0 saturated heterocycles. The van der Waals surface area contributed by atoms with E-state index in [1.807, 2.05) is 12.1 Å². The van der Waals surface area contributed by atoms with Crippen molar-refractivity contribution in [2.24, 2.45) is 0 Å². The summed E-state index contributed by atoms with van der Waals surface area (Å²) in [5.41, 5.74) is 7.28. The highest BCUT2D eigenvalue weighted by Gasteiger charge is 2.25. The van der Waals surface area contributed by atoms with Gasteiger partial charge in [0.1, 0.15) is 0 Å². The minimum atomic E-state index is -0.769. The number of benzene rings is 2. The van der Waals surface area contributed by atoms with E-state index in [1.54, 1.807) is 0 Å². The molecule has 0 spiro atoms. The molecule has 3 heterocycles. The van der Waals surface area contributed by atoms with Crippen LogP contribution >= 0.6 is 0 Å². The zero-order valence-electron chi connectivity index (χ0n) is 19.2. The highest BCUT2D eigenvalue weighted by Crippen LogP contribution is 2.37. The van der Waals surface area contributed by atoms with Crippen molar-refractivity contribution in [2.45, 2.75) is 33.4 Å². The average molecular weight is 442 g/mol. The topological polar surface area (TPSA) is 56.6 Å². The molecule has 0 radical (unpaired) electrons. The Hall–Kier alpha value is -3.80. The van der Waals surface area contributed by atoms with Crippen LogP contribution in [0.15, 0.2) is 60.7 Å². The van der Waals surface area contributed by atoms with E-state index in [1.165, 1.54) is 29.5 Å². The van der Waals surface area contributed by atoms with Crippen molar-refractivity contribution in [3.05, 3.63) is 88.6 Å². The Bertz CT molecular complexity index is 1330. The first-order chi connectivity index (χ1) is 16.0. The van der Waals surface area contributed by atoms with Crippen molar-refractivity contribution >= 4 is 22.9 Å². The summed E-state index contributed by atoms with van der Waals surface area (Å²) in [6.07, 6.45) is 0.175. The van der Waals surface area contributed by atoms with Gasteiger partial charge in [-0.15, -0.1) is 0 Å². The number of ether oxygens (including phenoxy) is 2. The lowest BCUT2D eigenvalue weighted by atomic mass is 10.00. The maximum Gasteiger partial charge on any atom is 0.514 e. The zero-order valence-corrected chi connectivity index (χ0v) is 19.2. The maximum atomic E-state index is 11.9. The molecule has 0 atom stereocenters. The Morgan fingerprint density at radius 3 is 2.52 bits per heavy atom. The highest BCUT2D eigenvalue weighted by atomic mass is 16.7. The molecule has 0 aliphatic carbocycles. The van der Waals surface area contributed by atoms with Crippen molar-refractivity contribution in [3.8, 4) is 5.88 Å². The smallest absolute Gasteiger partial charge is 0.437 e. The number of pyridine rings is 1. The third-order valence-electron chi connectivity index (χ3n) is 6.54. The number of carbonyl (C=O) groups excluding carboxylic acids is 1. The lowest BCUT2D eigenvalue weighted by molar-refractivity contribution is 0.120. The summed E-state index contributed by atoms with van der Waals surface area (Å²) in [6.45, 7) is 6.59. The van der Waals surface area contributed by atoms with E-state index in [0.717, 1.165) is 48.3 Å². The molecule has 1 aliphatic heterocycles. The van der Waals surface area contributed by atoms with E-state index in [9.17, 15) is 4.79 Å². The second-order valence-corrected chi connectivity index (χ2v) is 8.46. The molecule has 6 heteroatoms. The SMILES string of the molecule is COC(=O)Oc1cc2c(C)c(C)n(Cc3ccccc3)c2c(N2CCc3ccccc3C2)n1. The molecule has 0 bridgehead atoms. The maximum absolute atomic E-state index is 11.9. The van der Waals surface area contributed by atoms with Crippen LogP contribution in [0.5, 0.6) is 5.88 Å². The molecule has 0 amide bonds. The second-order valence-electron chi connectivity index (χ2n) is 8.46. The van der Waals surface area contributed by atoms with E-state index in [-0.39, 0.29) is 5.88 Å². The van der Waals surface area contributed by atoms with E-state index in [4.69, 9.17) is 14.5 Å². The second kappa shape index (κ2) is 8.62. The van der Waals surface area contributed by atoms with Gasteiger partial charge < -0.3 is 18.9 Å². The van der Waals surface area contributed by atoms with E-state index >= 15 is 0 Å².